The fraction of sp³-hybridized carbons (Fsp3) is 0.483. The number of aromatic nitrogens is 1. The zero-order valence-corrected chi connectivity index (χ0v) is 19.8. The van der Waals surface area contributed by atoms with E-state index >= 15 is 0 Å². The van der Waals surface area contributed by atoms with Gasteiger partial charge in [0.2, 0.25) is 0 Å². The van der Waals surface area contributed by atoms with Crippen molar-refractivity contribution < 1.29 is 14.6 Å². The van der Waals surface area contributed by atoms with Crippen molar-refractivity contribution in [3.8, 4) is 11.5 Å². The molecule has 5 nitrogen and oxygen atoms in total. The lowest BCUT2D eigenvalue weighted by molar-refractivity contribution is -0.173. The van der Waals surface area contributed by atoms with Crippen LogP contribution in [0.1, 0.15) is 53.3 Å². The first kappa shape index (κ1) is 19.7. The van der Waals surface area contributed by atoms with Crippen LogP contribution < -0.4 is 9.47 Å². The summed E-state index contributed by atoms with van der Waals surface area (Å²) in [6.07, 6.45) is 4.75. The molecular weight excluding hydrogens is 424 g/mol. The van der Waals surface area contributed by atoms with Crippen LogP contribution in [0.2, 0.25) is 0 Å². The molecule has 1 aromatic heterocycles. The van der Waals surface area contributed by atoms with E-state index < -0.39 is 11.0 Å². The van der Waals surface area contributed by atoms with E-state index in [4.69, 9.17) is 14.5 Å². The SMILES string of the molecule is COc1ccc2c3c1OC1c4nc5ccccc5c(C)c4CC4(O)[C@H](C2)N(CC2CC2)CC[C@]314. The Morgan fingerprint density at radius 1 is 1.21 bits per heavy atom. The van der Waals surface area contributed by atoms with Crippen molar-refractivity contribution in [2.75, 3.05) is 20.2 Å². The summed E-state index contributed by atoms with van der Waals surface area (Å²) in [5.74, 6) is 2.39. The van der Waals surface area contributed by atoms with Gasteiger partial charge in [0.15, 0.2) is 17.6 Å². The topological polar surface area (TPSA) is 54.8 Å². The molecule has 5 heteroatoms. The van der Waals surface area contributed by atoms with Gasteiger partial charge in [0.1, 0.15) is 0 Å². The lowest BCUT2D eigenvalue weighted by Crippen LogP contribution is -2.74. The third-order valence-corrected chi connectivity index (χ3v) is 9.72. The molecule has 34 heavy (non-hydrogen) atoms. The summed E-state index contributed by atoms with van der Waals surface area (Å²) in [6, 6.07) is 12.7. The molecule has 2 fully saturated rings. The second kappa shape index (κ2) is 6.32. The van der Waals surface area contributed by atoms with Gasteiger partial charge in [0.25, 0.3) is 0 Å². The van der Waals surface area contributed by atoms with Gasteiger partial charge in [-0.2, -0.15) is 0 Å². The Kier molecular flexibility index (Phi) is 3.65. The van der Waals surface area contributed by atoms with E-state index in [0.717, 1.165) is 54.6 Å². The minimum absolute atomic E-state index is 0.0961. The number of ether oxygens (including phenoxy) is 2. The molecule has 0 amide bonds. The molecule has 1 saturated carbocycles. The van der Waals surface area contributed by atoms with Gasteiger partial charge in [-0.3, -0.25) is 4.90 Å². The lowest BCUT2D eigenvalue weighted by Gasteiger charge is -2.63. The molecule has 1 saturated heterocycles. The number of rotatable bonds is 3. The monoisotopic (exact) mass is 454 g/mol. The third-order valence-electron chi connectivity index (χ3n) is 9.72. The number of piperidine rings is 1. The highest BCUT2D eigenvalue weighted by Crippen LogP contribution is 2.68. The number of para-hydroxylation sites is 1. The van der Waals surface area contributed by atoms with Crippen molar-refractivity contribution >= 4 is 10.9 Å². The second-order valence-electron chi connectivity index (χ2n) is 11.2. The summed E-state index contributed by atoms with van der Waals surface area (Å²) < 4.78 is 12.6. The first-order chi connectivity index (χ1) is 16.5. The second-order valence-corrected chi connectivity index (χ2v) is 11.2. The predicted molar refractivity (Wildman–Crippen MR) is 130 cm³/mol. The van der Waals surface area contributed by atoms with Crippen molar-refractivity contribution in [2.24, 2.45) is 5.92 Å². The summed E-state index contributed by atoms with van der Waals surface area (Å²) in [7, 11) is 1.71. The van der Waals surface area contributed by atoms with Crippen LogP contribution >= 0.6 is 0 Å². The molecule has 3 aliphatic carbocycles. The van der Waals surface area contributed by atoms with Crippen molar-refractivity contribution in [1.82, 2.24) is 9.88 Å². The molecule has 4 atom stereocenters. The molecule has 2 aromatic carbocycles. The van der Waals surface area contributed by atoms with Gasteiger partial charge >= 0.3 is 0 Å². The van der Waals surface area contributed by atoms with Crippen LogP contribution in [0.4, 0.5) is 0 Å². The van der Waals surface area contributed by atoms with Crippen molar-refractivity contribution in [1.29, 1.82) is 0 Å². The zero-order chi connectivity index (χ0) is 22.8. The summed E-state index contributed by atoms with van der Waals surface area (Å²) in [5, 5.41) is 14.1. The van der Waals surface area contributed by atoms with Gasteiger partial charge < -0.3 is 14.6 Å². The third kappa shape index (κ3) is 2.17. The molecule has 8 rings (SSSR count). The average Bonchev–Trinajstić information content (AvgIpc) is 3.59. The standard InChI is InChI=1S/C29H30N2O3/c1-16-19-5-3-4-6-21(19)30-25-20(16)14-29(32)23-13-18-9-10-22(33-2)26-24(18)28(29,27(25)34-26)11-12-31(23)15-17-7-8-17/h3-6,9-10,17,23,27,32H,7-8,11-15H2,1-2H3/t23-,27?,28-,29?/m0/s1. The maximum absolute atomic E-state index is 12.9. The van der Waals surface area contributed by atoms with Crippen LogP contribution in [-0.2, 0) is 18.3 Å². The summed E-state index contributed by atoms with van der Waals surface area (Å²) in [6.45, 7) is 4.30. The van der Waals surface area contributed by atoms with Crippen LogP contribution in [0, 0.1) is 12.8 Å². The quantitative estimate of drug-likeness (QED) is 0.641. The van der Waals surface area contributed by atoms with E-state index in [2.05, 4.69) is 42.2 Å². The highest BCUT2D eigenvalue weighted by molar-refractivity contribution is 5.84. The summed E-state index contributed by atoms with van der Waals surface area (Å²) in [4.78, 5) is 7.82. The van der Waals surface area contributed by atoms with Crippen molar-refractivity contribution in [3.63, 3.8) is 0 Å². The predicted octanol–water partition coefficient (Wildman–Crippen LogP) is 4.25. The molecule has 5 aliphatic rings. The van der Waals surface area contributed by atoms with E-state index in [1.54, 1.807) is 7.11 Å². The van der Waals surface area contributed by atoms with Gasteiger partial charge in [-0.15, -0.1) is 0 Å². The molecule has 1 spiro atoms. The number of likely N-dealkylation sites (tertiary alicyclic amines) is 1. The molecule has 1 N–H and O–H groups in total. The number of methoxy groups -OCH3 is 1. The first-order valence-electron chi connectivity index (χ1n) is 12.8. The number of aryl methyl sites for hydroxylation is 1. The first-order valence-corrected chi connectivity index (χ1v) is 12.8. The van der Waals surface area contributed by atoms with E-state index in [0.29, 0.717) is 6.42 Å². The smallest absolute Gasteiger partial charge is 0.166 e. The number of pyridine rings is 1. The average molecular weight is 455 g/mol. The van der Waals surface area contributed by atoms with Crippen LogP contribution in [-0.4, -0.2) is 46.8 Å². The van der Waals surface area contributed by atoms with E-state index in [9.17, 15) is 5.11 Å². The van der Waals surface area contributed by atoms with Crippen LogP contribution in [0.5, 0.6) is 11.5 Å². The van der Waals surface area contributed by atoms with Gasteiger partial charge in [-0.25, -0.2) is 4.98 Å². The minimum atomic E-state index is -0.892. The van der Waals surface area contributed by atoms with Crippen LogP contribution in [0.3, 0.4) is 0 Å². The van der Waals surface area contributed by atoms with Gasteiger partial charge in [-0.05, 0) is 73.9 Å². The Bertz CT molecular complexity index is 1380. The maximum Gasteiger partial charge on any atom is 0.166 e. The molecule has 2 unspecified atom stereocenters. The number of aliphatic hydroxyl groups is 1. The maximum atomic E-state index is 12.9. The Labute approximate surface area is 199 Å². The normalized spacial score (nSPS) is 32.8. The Morgan fingerprint density at radius 3 is 2.88 bits per heavy atom. The Hall–Kier alpha value is -2.63. The largest absolute Gasteiger partial charge is 0.493 e. The van der Waals surface area contributed by atoms with Gasteiger partial charge in [0, 0.05) is 30.0 Å². The highest BCUT2D eigenvalue weighted by Gasteiger charge is 2.73. The summed E-state index contributed by atoms with van der Waals surface area (Å²) >= 11 is 0. The van der Waals surface area contributed by atoms with Crippen molar-refractivity contribution in [2.45, 2.75) is 62.2 Å². The fourth-order valence-corrected chi connectivity index (χ4v) is 7.95. The van der Waals surface area contributed by atoms with E-state index in [-0.39, 0.29) is 12.1 Å². The number of fused-ring (bicyclic) bond motifs is 3. The number of benzene rings is 2. The van der Waals surface area contributed by atoms with Gasteiger partial charge in [-0.1, -0.05) is 24.3 Å². The van der Waals surface area contributed by atoms with E-state index in [1.807, 2.05) is 6.07 Å². The number of hydrogen-bond acceptors (Lipinski definition) is 5. The number of nitrogens with zero attached hydrogens (tertiary/aromatic N) is 2. The molecule has 3 heterocycles. The molecule has 174 valence electrons. The molecule has 2 aliphatic heterocycles. The molecule has 2 bridgehead atoms. The Balaban J connectivity index is 1.42. The van der Waals surface area contributed by atoms with Gasteiger partial charge in [0.05, 0.1) is 29.3 Å². The molecule has 3 aromatic rings. The Morgan fingerprint density at radius 2 is 2.06 bits per heavy atom. The highest BCUT2D eigenvalue weighted by atomic mass is 16.5. The minimum Gasteiger partial charge on any atom is -0.493 e. The van der Waals surface area contributed by atoms with E-state index in [1.165, 1.54) is 40.5 Å². The van der Waals surface area contributed by atoms with Crippen molar-refractivity contribution in [3.05, 3.63) is 64.3 Å². The number of hydrogen-bond donors (Lipinski definition) is 1. The molecular formula is C29H30N2O3. The fourth-order valence-electron chi connectivity index (χ4n) is 7.95. The van der Waals surface area contributed by atoms with Crippen LogP contribution in [0.15, 0.2) is 36.4 Å². The summed E-state index contributed by atoms with van der Waals surface area (Å²) in [5.41, 5.74) is 5.56. The van der Waals surface area contributed by atoms with Crippen LogP contribution in [0.25, 0.3) is 10.9 Å². The lowest BCUT2D eigenvalue weighted by atomic mass is 9.48. The zero-order valence-electron chi connectivity index (χ0n) is 19.8. The molecule has 0 radical (unpaired) electrons.